The van der Waals surface area contributed by atoms with Crippen LogP contribution in [0.25, 0.3) is 50.7 Å². The molecule has 0 saturated heterocycles. The molecule has 5 aromatic heterocycles. The average Bonchev–Trinajstić information content (AvgIpc) is 3.69. The summed E-state index contributed by atoms with van der Waals surface area (Å²) < 4.78 is 5.93. The highest BCUT2D eigenvalue weighted by Gasteiger charge is 2.26. The van der Waals surface area contributed by atoms with Crippen molar-refractivity contribution in [1.29, 1.82) is 0 Å². The Morgan fingerprint density at radius 3 is 2.26 bits per heavy atom. The van der Waals surface area contributed by atoms with Gasteiger partial charge in [-0.15, -0.1) is 0 Å². The van der Waals surface area contributed by atoms with E-state index >= 15 is 0 Å². The second-order valence-electron chi connectivity index (χ2n) is 9.21. The Hall–Kier alpha value is -5.40. The monoisotopic (exact) mass is 493 g/mol. The smallest absolute Gasteiger partial charge is 0.241 e. The van der Waals surface area contributed by atoms with Gasteiger partial charge in [0.05, 0.1) is 27.8 Å². The fraction of sp³-hybridized carbons (Fsp3) is 0.0690. The van der Waals surface area contributed by atoms with Crippen molar-refractivity contribution < 1.29 is 0 Å². The van der Waals surface area contributed by atoms with Gasteiger partial charge in [0.15, 0.2) is 0 Å². The molecule has 6 heterocycles. The lowest BCUT2D eigenvalue weighted by molar-refractivity contribution is 0.783. The summed E-state index contributed by atoms with van der Waals surface area (Å²) in [6, 6.07) is 20.3. The summed E-state index contributed by atoms with van der Waals surface area (Å²) in [5.74, 6) is 4.60. The van der Waals surface area contributed by atoms with Gasteiger partial charge in [-0.1, -0.05) is 43.3 Å². The van der Waals surface area contributed by atoms with Gasteiger partial charge in [0.2, 0.25) is 17.8 Å². The van der Waals surface area contributed by atoms with Crippen LogP contribution in [0, 0.1) is 0 Å². The van der Waals surface area contributed by atoms with Gasteiger partial charge in [-0.05, 0) is 36.2 Å². The molecule has 0 bridgehead atoms. The van der Waals surface area contributed by atoms with Crippen molar-refractivity contribution in [2.75, 3.05) is 0 Å². The lowest BCUT2D eigenvalue weighted by atomic mass is 10.0. The van der Waals surface area contributed by atoms with Gasteiger partial charge in [-0.25, -0.2) is 9.98 Å². The molecule has 0 saturated carbocycles. The third-order valence-corrected chi connectivity index (χ3v) is 6.98. The predicted octanol–water partition coefficient (Wildman–Crippen LogP) is 5.47. The fourth-order valence-corrected chi connectivity index (χ4v) is 5.32. The SMILES string of the molecule is CC1C=C=Nc2c1n(-c1nc(-n3ccnc3)nc(-n3c4ccccc4c4ncccc43)n1)c1ccccc21. The molecule has 0 N–H and O–H groups in total. The maximum Gasteiger partial charge on any atom is 0.241 e. The van der Waals surface area contributed by atoms with Crippen LogP contribution in [0.1, 0.15) is 18.5 Å². The van der Waals surface area contributed by atoms with Crippen molar-refractivity contribution in [2.24, 2.45) is 4.99 Å². The number of rotatable bonds is 3. The molecule has 9 nitrogen and oxygen atoms in total. The van der Waals surface area contributed by atoms with Crippen LogP contribution in [0.15, 0.2) is 96.6 Å². The van der Waals surface area contributed by atoms with Gasteiger partial charge in [-0.3, -0.25) is 18.7 Å². The molecule has 38 heavy (non-hydrogen) atoms. The molecule has 180 valence electrons. The number of fused-ring (bicyclic) bond motifs is 6. The molecule has 1 aliphatic rings. The number of para-hydroxylation sites is 2. The van der Waals surface area contributed by atoms with Crippen molar-refractivity contribution in [3.05, 3.63) is 97.4 Å². The maximum atomic E-state index is 5.09. The minimum Gasteiger partial charge on any atom is -0.279 e. The normalized spacial score (nSPS) is 14.6. The molecule has 0 fully saturated rings. The van der Waals surface area contributed by atoms with Gasteiger partial charge in [0, 0.05) is 35.3 Å². The number of aliphatic imine (C=N–C) groups is 1. The third kappa shape index (κ3) is 2.87. The van der Waals surface area contributed by atoms with E-state index < -0.39 is 0 Å². The number of imidazole rings is 1. The minimum absolute atomic E-state index is 0.0734. The topological polar surface area (TPSA) is 91.6 Å². The summed E-state index contributed by atoms with van der Waals surface area (Å²) in [5.41, 5.74) is 5.66. The zero-order valence-electron chi connectivity index (χ0n) is 20.3. The molecule has 0 spiro atoms. The number of hydrogen-bond acceptors (Lipinski definition) is 6. The highest BCUT2D eigenvalue weighted by molar-refractivity contribution is 6.06. The molecular formula is C29H19N9. The predicted molar refractivity (Wildman–Crippen MR) is 146 cm³/mol. The summed E-state index contributed by atoms with van der Waals surface area (Å²) in [5, 5.41) is 2.06. The van der Waals surface area contributed by atoms with Crippen LogP contribution in [0.3, 0.4) is 0 Å². The van der Waals surface area contributed by atoms with Crippen LogP contribution in [0.4, 0.5) is 5.69 Å². The summed E-state index contributed by atoms with van der Waals surface area (Å²) in [4.78, 5) is 28.5. The quantitative estimate of drug-likeness (QED) is 0.326. The van der Waals surface area contributed by atoms with Gasteiger partial charge in [0.1, 0.15) is 12.0 Å². The largest absolute Gasteiger partial charge is 0.279 e. The molecule has 1 unspecified atom stereocenters. The highest BCUT2D eigenvalue weighted by Crippen LogP contribution is 2.41. The van der Waals surface area contributed by atoms with Crippen LogP contribution in [-0.2, 0) is 0 Å². The van der Waals surface area contributed by atoms with Crippen molar-refractivity contribution in [2.45, 2.75) is 12.8 Å². The summed E-state index contributed by atoms with van der Waals surface area (Å²) in [6.45, 7) is 2.13. The zero-order valence-corrected chi connectivity index (χ0v) is 20.3. The summed E-state index contributed by atoms with van der Waals surface area (Å²) >= 11 is 0. The standard InChI is InChI=1S/C29H19N9/c1-18-12-14-32-25-20-8-3-5-10-22(20)38(26(18)25)29-34-27(36-16-15-30-17-36)33-28(35-29)37-21-9-4-2-7-19(21)24-23(37)11-6-13-31-24/h2-13,15-18H,1H3. The van der Waals surface area contributed by atoms with Gasteiger partial charge in [0.25, 0.3) is 0 Å². The number of aromatic nitrogens is 8. The van der Waals surface area contributed by atoms with E-state index in [1.54, 1.807) is 17.1 Å². The molecule has 1 aliphatic heterocycles. The van der Waals surface area contributed by atoms with Crippen LogP contribution >= 0.6 is 0 Å². The minimum atomic E-state index is 0.0734. The second-order valence-corrected chi connectivity index (χ2v) is 9.21. The number of hydrogen-bond donors (Lipinski definition) is 0. The molecule has 0 aliphatic carbocycles. The van der Waals surface area contributed by atoms with E-state index in [0.29, 0.717) is 17.8 Å². The summed E-state index contributed by atoms with van der Waals surface area (Å²) in [7, 11) is 0. The Kier molecular flexibility index (Phi) is 4.26. The van der Waals surface area contributed by atoms with Crippen molar-refractivity contribution in [3.63, 3.8) is 0 Å². The van der Waals surface area contributed by atoms with Gasteiger partial charge >= 0.3 is 0 Å². The zero-order chi connectivity index (χ0) is 25.2. The molecule has 1 atom stereocenters. The molecule has 9 heteroatoms. The third-order valence-electron chi connectivity index (χ3n) is 6.98. The molecule has 0 radical (unpaired) electrons. The van der Waals surface area contributed by atoms with Crippen LogP contribution < -0.4 is 0 Å². The van der Waals surface area contributed by atoms with Crippen molar-refractivity contribution in [3.8, 4) is 17.8 Å². The first-order valence-electron chi connectivity index (χ1n) is 12.3. The van der Waals surface area contributed by atoms with E-state index in [-0.39, 0.29) is 5.92 Å². The maximum absolute atomic E-state index is 5.09. The van der Waals surface area contributed by atoms with E-state index in [2.05, 4.69) is 56.6 Å². The van der Waals surface area contributed by atoms with Crippen LogP contribution in [-0.4, -0.2) is 44.5 Å². The molecule has 2 aromatic carbocycles. The van der Waals surface area contributed by atoms with E-state index in [1.165, 1.54) is 0 Å². The Morgan fingerprint density at radius 1 is 0.737 bits per heavy atom. The first-order chi connectivity index (χ1) is 18.8. The molecule has 0 amide bonds. The Balaban J connectivity index is 1.50. The van der Waals surface area contributed by atoms with Crippen molar-refractivity contribution in [1.82, 2.24) is 38.6 Å². The summed E-state index contributed by atoms with van der Waals surface area (Å²) in [6.07, 6.45) is 9.00. The lowest BCUT2D eigenvalue weighted by Crippen LogP contribution is -2.14. The Morgan fingerprint density at radius 2 is 1.45 bits per heavy atom. The lowest BCUT2D eigenvalue weighted by Gasteiger charge is -2.16. The highest BCUT2D eigenvalue weighted by atomic mass is 15.3. The average molecular weight is 494 g/mol. The second kappa shape index (κ2) is 7.80. The van der Waals surface area contributed by atoms with Gasteiger partial charge in [-0.2, -0.15) is 15.0 Å². The number of pyridine rings is 1. The van der Waals surface area contributed by atoms with E-state index in [1.807, 2.05) is 59.4 Å². The first-order valence-corrected chi connectivity index (χ1v) is 12.3. The van der Waals surface area contributed by atoms with E-state index in [0.717, 1.165) is 44.2 Å². The van der Waals surface area contributed by atoms with E-state index in [9.17, 15) is 0 Å². The Labute approximate surface area is 216 Å². The van der Waals surface area contributed by atoms with Crippen molar-refractivity contribution >= 4 is 44.4 Å². The van der Waals surface area contributed by atoms with Gasteiger partial charge < -0.3 is 0 Å². The Bertz CT molecular complexity index is 2040. The van der Waals surface area contributed by atoms with E-state index in [4.69, 9.17) is 15.0 Å². The number of benzene rings is 2. The molecule has 8 rings (SSSR count). The molecular weight excluding hydrogens is 474 g/mol. The first kappa shape index (κ1) is 20.8. The van der Waals surface area contributed by atoms with Crippen LogP contribution in [0.2, 0.25) is 0 Å². The fourth-order valence-electron chi connectivity index (χ4n) is 5.32. The number of allylic oxidation sites excluding steroid dienone is 1. The number of nitrogens with zero attached hydrogens (tertiary/aromatic N) is 9. The van der Waals surface area contributed by atoms with Crippen LogP contribution in [0.5, 0.6) is 0 Å². The molecule has 7 aromatic rings.